The van der Waals surface area contributed by atoms with E-state index >= 15 is 0 Å². The maximum absolute atomic E-state index is 14.5. The van der Waals surface area contributed by atoms with Crippen LogP contribution in [-0.4, -0.2) is 21.9 Å². The number of carbonyl (C=O) groups is 1. The molecular weight excluding hydrogens is 341 g/mol. The normalized spacial score (nSPS) is 14.0. The number of ether oxygens (including phenoxy) is 1. The zero-order valence-electron chi connectivity index (χ0n) is 15.8. The van der Waals surface area contributed by atoms with Gasteiger partial charge in [-0.2, -0.15) is 0 Å². The molecule has 8 heteroatoms. The lowest BCUT2D eigenvalue weighted by molar-refractivity contribution is 0.0486. The van der Waals surface area contributed by atoms with Crippen molar-refractivity contribution in [1.29, 1.82) is 0 Å². The summed E-state index contributed by atoms with van der Waals surface area (Å²) in [7, 11) is 0. The van der Waals surface area contributed by atoms with Crippen molar-refractivity contribution in [3.05, 3.63) is 51.1 Å². The van der Waals surface area contributed by atoms with Crippen LogP contribution in [0.15, 0.2) is 21.3 Å². The minimum Gasteiger partial charge on any atom is -0.444 e. The smallest absolute Gasteiger partial charge is 0.434 e. The maximum Gasteiger partial charge on any atom is 0.434 e. The van der Waals surface area contributed by atoms with Crippen LogP contribution in [0.25, 0.3) is 0 Å². The first-order valence-corrected chi connectivity index (χ1v) is 8.30. The van der Waals surface area contributed by atoms with E-state index in [9.17, 15) is 14.0 Å². The molecule has 2 N–H and O–H groups in total. The van der Waals surface area contributed by atoms with E-state index in [4.69, 9.17) is 9.15 Å². The number of nitrogens with zero attached hydrogens (tertiary/aromatic N) is 1. The summed E-state index contributed by atoms with van der Waals surface area (Å²) < 4.78 is 24.8. The summed E-state index contributed by atoms with van der Waals surface area (Å²) in [6.07, 6.45) is -0.717. The van der Waals surface area contributed by atoms with Crippen molar-refractivity contribution in [3.8, 4) is 0 Å². The summed E-state index contributed by atoms with van der Waals surface area (Å²) in [5, 5.41) is 8.59. The molecule has 0 aliphatic rings. The van der Waals surface area contributed by atoms with Crippen molar-refractivity contribution in [3.63, 3.8) is 0 Å². The molecule has 2 unspecified atom stereocenters. The number of rotatable bonds is 4. The molecule has 1 amide bonds. The van der Waals surface area contributed by atoms with Crippen molar-refractivity contribution < 1.29 is 18.3 Å². The molecule has 0 bridgehead atoms. The third-order valence-corrected chi connectivity index (χ3v) is 4.08. The maximum atomic E-state index is 14.5. The van der Waals surface area contributed by atoms with Gasteiger partial charge in [-0.05, 0) is 57.4 Å². The predicted molar refractivity (Wildman–Crippen MR) is 93.5 cm³/mol. The van der Waals surface area contributed by atoms with Crippen LogP contribution in [0, 0.1) is 19.7 Å². The van der Waals surface area contributed by atoms with Gasteiger partial charge in [0, 0.05) is 5.92 Å². The van der Waals surface area contributed by atoms with Gasteiger partial charge in [-0.1, -0.05) is 13.0 Å². The summed E-state index contributed by atoms with van der Waals surface area (Å²) in [5.74, 6) is -1.78. The number of halogens is 1. The number of nitrogens with one attached hydrogen (secondary N) is 2. The zero-order valence-corrected chi connectivity index (χ0v) is 15.8. The van der Waals surface area contributed by atoms with Gasteiger partial charge in [-0.15, -0.1) is 5.10 Å². The first-order valence-electron chi connectivity index (χ1n) is 8.30. The van der Waals surface area contributed by atoms with Gasteiger partial charge >= 0.3 is 11.8 Å². The van der Waals surface area contributed by atoms with Gasteiger partial charge in [-0.25, -0.2) is 19.1 Å². The van der Waals surface area contributed by atoms with Crippen LogP contribution in [0.1, 0.15) is 62.2 Å². The molecule has 1 aromatic heterocycles. The van der Waals surface area contributed by atoms with Crippen LogP contribution in [0.3, 0.4) is 0 Å². The number of hydrogen-bond donors (Lipinski definition) is 2. The second-order valence-electron chi connectivity index (χ2n) is 7.27. The monoisotopic (exact) mass is 365 g/mol. The molecule has 0 saturated carbocycles. The first kappa shape index (κ1) is 19.7. The molecule has 26 heavy (non-hydrogen) atoms. The molecule has 1 aromatic carbocycles. The summed E-state index contributed by atoms with van der Waals surface area (Å²) in [5.41, 5.74) is 1.37. The second kappa shape index (κ2) is 7.31. The fourth-order valence-corrected chi connectivity index (χ4v) is 2.74. The van der Waals surface area contributed by atoms with E-state index in [0.717, 1.165) is 11.1 Å². The molecule has 2 aromatic rings. The Balaban J connectivity index is 2.43. The van der Waals surface area contributed by atoms with Crippen LogP contribution in [0.2, 0.25) is 0 Å². The van der Waals surface area contributed by atoms with Gasteiger partial charge in [0.15, 0.2) is 0 Å². The van der Waals surface area contributed by atoms with Gasteiger partial charge in [0.05, 0.1) is 0 Å². The predicted octanol–water partition coefficient (Wildman–Crippen LogP) is 3.49. The zero-order chi connectivity index (χ0) is 19.6. The number of hydrogen-bond acceptors (Lipinski definition) is 5. The molecular formula is C18H24FN3O4. The molecule has 0 aliphatic carbocycles. The van der Waals surface area contributed by atoms with Crippen LogP contribution in [0.4, 0.5) is 9.18 Å². The van der Waals surface area contributed by atoms with E-state index in [0.29, 0.717) is 5.56 Å². The largest absolute Gasteiger partial charge is 0.444 e. The van der Waals surface area contributed by atoms with E-state index in [1.165, 1.54) is 6.07 Å². The lowest BCUT2D eigenvalue weighted by Crippen LogP contribution is -2.37. The average molecular weight is 365 g/mol. The Kier molecular flexibility index (Phi) is 5.53. The van der Waals surface area contributed by atoms with Crippen molar-refractivity contribution in [2.45, 2.75) is 59.1 Å². The Morgan fingerprint density at radius 1 is 1.35 bits per heavy atom. The van der Waals surface area contributed by atoms with E-state index < -0.39 is 35.2 Å². The number of aryl methyl sites for hydroxylation is 1. The Labute approximate surface area is 150 Å². The molecule has 0 fully saturated rings. The fourth-order valence-electron chi connectivity index (χ4n) is 2.74. The van der Waals surface area contributed by atoms with E-state index in [2.05, 4.69) is 15.5 Å². The standard InChI is InChI=1S/C18H24FN3O4/c1-9-7-8-12(19)13(10(9)2)11(3)14(15-21-22-17(24)25-15)20-16(23)26-18(4,5)6/h7-8,11,14H,1-6H3,(H,20,23)(H,22,24). The quantitative estimate of drug-likeness (QED) is 0.864. The highest BCUT2D eigenvalue weighted by Crippen LogP contribution is 2.34. The van der Waals surface area contributed by atoms with E-state index in [1.807, 2.05) is 6.92 Å². The van der Waals surface area contributed by atoms with Crippen molar-refractivity contribution >= 4 is 6.09 Å². The van der Waals surface area contributed by atoms with E-state index in [-0.39, 0.29) is 5.89 Å². The molecule has 1 heterocycles. The number of aromatic nitrogens is 2. The summed E-state index contributed by atoms with van der Waals surface area (Å²) in [4.78, 5) is 23.6. The molecule has 7 nitrogen and oxygen atoms in total. The van der Waals surface area contributed by atoms with Gasteiger partial charge in [-0.3, -0.25) is 0 Å². The molecule has 0 saturated heterocycles. The molecule has 142 valence electrons. The first-order chi connectivity index (χ1) is 12.0. The lowest BCUT2D eigenvalue weighted by atomic mass is 9.87. The Morgan fingerprint density at radius 2 is 2.00 bits per heavy atom. The number of aromatic amines is 1. The minimum absolute atomic E-state index is 0.0475. The lowest BCUT2D eigenvalue weighted by Gasteiger charge is -2.27. The van der Waals surface area contributed by atoms with E-state index in [1.54, 1.807) is 40.7 Å². The summed E-state index contributed by atoms with van der Waals surface area (Å²) in [6, 6.07) is 2.17. The highest BCUT2D eigenvalue weighted by atomic mass is 19.1. The molecule has 0 spiro atoms. The summed E-state index contributed by atoms with van der Waals surface area (Å²) in [6.45, 7) is 10.6. The van der Waals surface area contributed by atoms with Crippen molar-refractivity contribution in [2.75, 3.05) is 0 Å². The highest BCUT2D eigenvalue weighted by molar-refractivity contribution is 5.68. The van der Waals surface area contributed by atoms with Gasteiger partial charge in [0.1, 0.15) is 17.5 Å². The number of H-pyrrole nitrogens is 1. The molecule has 0 radical (unpaired) electrons. The second-order valence-corrected chi connectivity index (χ2v) is 7.27. The third kappa shape index (κ3) is 4.50. The molecule has 2 atom stereocenters. The van der Waals surface area contributed by atoms with Crippen LogP contribution in [-0.2, 0) is 4.74 Å². The number of alkyl carbamates (subject to hydrolysis) is 1. The molecule has 0 aliphatic heterocycles. The van der Waals surface area contributed by atoms with Crippen LogP contribution in [0.5, 0.6) is 0 Å². The number of amides is 1. The van der Waals surface area contributed by atoms with Gasteiger partial charge in [0.25, 0.3) is 0 Å². The number of benzene rings is 1. The fraction of sp³-hybridized carbons (Fsp3) is 0.500. The van der Waals surface area contributed by atoms with Gasteiger partial charge < -0.3 is 14.5 Å². The van der Waals surface area contributed by atoms with Crippen molar-refractivity contribution in [2.24, 2.45) is 0 Å². The van der Waals surface area contributed by atoms with Gasteiger partial charge in [0.2, 0.25) is 5.89 Å². The van der Waals surface area contributed by atoms with Crippen LogP contribution >= 0.6 is 0 Å². The third-order valence-electron chi connectivity index (χ3n) is 4.08. The summed E-state index contributed by atoms with van der Waals surface area (Å²) >= 11 is 0. The van der Waals surface area contributed by atoms with Crippen LogP contribution < -0.4 is 11.1 Å². The Bertz CT molecular complexity index is 851. The SMILES string of the molecule is Cc1ccc(F)c(C(C)C(NC(=O)OC(C)(C)C)c2n[nH]c(=O)o2)c1C. The number of carbonyl (C=O) groups excluding carboxylic acids is 1. The minimum atomic E-state index is -0.890. The Morgan fingerprint density at radius 3 is 2.54 bits per heavy atom. The highest BCUT2D eigenvalue weighted by Gasteiger charge is 2.32. The average Bonchev–Trinajstić information content (AvgIpc) is 2.93. The van der Waals surface area contributed by atoms with Crippen molar-refractivity contribution in [1.82, 2.24) is 15.5 Å². The Hall–Kier alpha value is -2.64. The topological polar surface area (TPSA) is 97.2 Å². The molecule has 2 rings (SSSR count).